The molecule has 0 radical (unpaired) electrons. The van der Waals surface area contributed by atoms with Crippen molar-refractivity contribution < 1.29 is 8.42 Å². The molecule has 1 aliphatic carbocycles. The second-order valence-corrected chi connectivity index (χ2v) is 6.36. The van der Waals surface area contributed by atoms with E-state index in [4.69, 9.17) is 5.14 Å². The van der Waals surface area contributed by atoms with E-state index in [2.05, 4.69) is 10.2 Å². The Kier molecular flexibility index (Phi) is 3.22. The summed E-state index contributed by atoms with van der Waals surface area (Å²) in [6.45, 7) is 3.81. The van der Waals surface area contributed by atoms with Crippen LogP contribution in [0.5, 0.6) is 0 Å². The highest BCUT2D eigenvalue weighted by molar-refractivity contribution is 7.89. The van der Waals surface area contributed by atoms with Gasteiger partial charge in [-0.2, -0.15) is 0 Å². The van der Waals surface area contributed by atoms with E-state index in [0.717, 1.165) is 12.2 Å². The number of rotatable bonds is 4. The van der Waals surface area contributed by atoms with Crippen LogP contribution < -0.4 is 5.14 Å². The first-order valence-corrected chi connectivity index (χ1v) is 7.41. The minimum atomic E-state index is -3.79. The molecule has 0 spiro atoms. The van der Waals surface area contributed by atoms with E-state index in [1.807, 2.05) is 13.8 Å². The Bertz CT molecular complexity index is 502. The van der Waals surface area contributed by atoms with Gasteiger partial charge in [0, 0.05) is 12.5 Å². The number of nitrogens with two attached hydrogens (primary N) is 1. The summed E-state index contributed by atoms with van der Waals surface area (Å²) >= 11 is 0. The molecule has 7 heteroatoms. The number of primary sulfonamides is 1. The van der Waals surface area contributed by atoms with Crippen molar-refractivity contribution in [2.75, 3.05) is 0 Å². The van der Waals surface area contributed by atoms with Crippen molar-refractivity contribution in [2.24, 2.45) is 11.1 Å². The number of hydrogen-bond acceptors (Lipinski definition) is 4. The Labute approximate surface area is 101 Å². The first kappa shape index (κ1) is 12.5. The summed E-state index contributed by atoms with van der Waals surface area (Å²) in [4.78, 5) is 0. The highest BCUT2D eigenvalue weighted by Gasteiger charge is 2.26. The van der Waals surface area contributed by atoms with Crippen LogP contribution in [0.3, 0.4) is 0 Å². The van der Waals surface area contributed by atoms with E-state index < -0.39 is 10.0 Å². The number of nitrogens with zero attached hydrogens (tertiary/aromatic N) is 3. The molecule has 1 saturated carbocycles. The summed E-state index contributed by atoms with van der Waals surface area (Å²) in [5.41, 5.74) is 0. The molecule has 0 saturated heterocycles. The fourth-order valence-electron chi connectivity index (χ4n) is 2.11. The Morgan fingerprint density at radius 3 is 2.47 bits per heavy atom. The van der Waals surface area contributed by atoms with Crippen LogP contribution in [0.2, 0.25) is 0 Å². The lowest BCUT2D eigenvalue weighted by Gasteiger charge is -2.25. The Morgan fingerprint density at radius 1 is 1.41 bits per heavy atom. The molecule has 0 bridgehead atoms. The molecule has 96 valence electrons. The zero-order valence-corrected chi connectivity index (χ0v) is 10.9. The minimum absolute atomic E-state index is 0.00611. The molecular formula is C10H18N4O2S. The van der Waals surface area contributed by atoms with Gasteiger partial charge in [-0.25, -0.2) is 13.6 Å². The molecule has 2 rings (SSSR count). The van der Waals surface area contributed by atoms with Crippen LogP contribution >= 0.6 is 0 Å². The van der Waals surface area contributed by atoms with Crippen molar-refractivity contribution in [1.29, 1.82) is 0 Å². The molecule has 0 amide bonds. The molecule has 2 N–H and O–H groups in total. The van der Waals surface area contributed by atoms with E-state index in [0.29, 0.717) is 5.92 Å². The van der Waals surface area contributed by atoms with Gasteiger partial charge < -0.3 is 0 Å². The second-order valence-electron chi connectivity index (χ2n) is 4.91. The summed E-state index contributed by atoms with van der Waals surface area (Å²) in [7, 11) is -3.79. The summed E-state index contributed by atoms with van der Waals surface area (Å²) in [6, 6.07) is -0.00611. The predicted molar refractivity (Wildman–Crippen MR) is 62.8 cm³/mol. The van der Waals surface area contributed by atoms with E-state index >= 15 is 0 Å². The van der Waals surface area contributed by atoms with Gasteiger partial charge >= 0.3 is 0 Å². The molecular weight excluding hydrogens is 240 g/mol. The second kappa shape index (κ2) is 4.38. The van der Waals surface area contributed by atoms with Crippen molar-refractivity contribution in [3.63, 3.8) is 0 Å². The predicted octanol–water partition coefficient (Wildman–Crippen LogP) is 0.849. The van der Waals surface area contributed by atoms with Crippen molar-refractivity contribution in [2.45, 2.75) is 50.7 Å². The van der Waals surface area contributed by atoms with Gasteiger partial charge in [0.25, 0.3) is 15.2 Å². The monoisotopic (exact) mass is 258 g/mol. The van der Waals surface area contributed by atoms with E-state index in [1.54, 1.807) is 4.57 Å². The first-order chi connectivity index (χ1) is 7.89. The van der Waals surface area contributed by atoms with E-state index in [1.165, 1.54) is 19.3 Å². The van der Waals surface area contributed by atoms with Crippen molar-refractivity contribution in [3.8, 4) is 0 Å². The van der Waals surface area contributed by atoms with Crippen molar-refractivity contribution in [1.82, 2.24) is 14.8 Å². The van der Waals surface area contributed by atoms with Gasteiger partial charge in [0.05, 0.1) is 0 Å². The number of hydrogen-bond donors (Lipinski definition) is 1. The normalized spacial score (nSPS) is 17.4. The molecule has 0 aromatic carbocycles. The smallest absolute Gasteiger partial charge is 0.273 e. The molecule has 0 unspecified atom stereocenters. The zero-order chi connectivity index (χ0) is 12.6. The van der Waals surface area contributed by atoms with Gasteiger partial charge in [-0.3, -0.25) is 4.57 Å². The van der Waals surface area contributed by atoms with Crippen LogP contribution in [0.4, 0.5) is 0 Å². The molecule has 0 aliphatic heterocycles. The molecule has 1 aromatic heterocycles. The van der Waals surface area contributed by atoms with Gasteiger partial charge in [0.1, 0.15) is 5.82 Å². The van der Waals surface area contributed by atoms with Gasteiger partial charge in [0.15, 0.2) is 0 Å². The van der Waals surface area contributed by atoms with Crippen molar-refractivity contribution >= 4 is 10.0 Å². The number of sulfonamides is 1. The molecule has 6 nitrogen and oxygen atoms in total. The van der Waals surface area contributed by atoms with Gasteiger partial charge in [-0.1, -0.05) is 19.3 Å². The minimum Gasteiger partial charge on any atom is -0.298 e. The molecule has 1 aromatic rings. The quantitative estimate of drug-likeness (QED) is 0.866. The Balaban J connectivity index is 2.35. The Hall–Kier alpha value is -0.950. The fraction of sp³-hybridized carbons (Fsp3) is 0.800. The van der Waals surface area contributed by atoms with Crippen LogP contribution in [0, 0.1) is 5.92 Å². The van der Waals surface area contributed by atoms with E-state index in [9.17, 15) is 8.42 Å². The molecule has 1 aliphatic rings. The molecule has 17 heavy (non-hydrogen) atoms. The third kappa shape index (κ3) is 2.50. The highest BCUT2D eigenvalue weighted by Crippen LogP contribution is 2.30. The van der Waals surface area contributed by atoms with Crippen LogP contribution in [0.15, 0.2) is 5.16 Å². The molecule has 0 atom stereocenters. The maximum Gasteiger partial charge on any atom is 0.273 e. The fourth-order valence-corrected chi connectivity index (χ4v) is 2.86. The first-order valence-electron chi connectivity index (χ1n) is 5.86. The maximum atomic E-state index is 11.4. The Morgan fingerprint density at radius 2 is 2.06 bits per heavy atom. The van der Waals surface area contributed by atoms with Crippen LogP contribution in [0.1, 0.15) is 45.0 Å². The lowest BCUT2D eigenvalue weighted by Crippen LogP contribution is -2.22. The third-order valence-electron chi connectivity index (χ3n) is 3.20. The summed E-state index contributed by atoms with van der Waals surface area (Å²) in [5.74, 6) is 1.35. The summed E-state index contributed by atoms with van der Waals surface area (Å²) < 4.78 is 24.4. The highest BCUT2D eigenvalue weighted by atomic mass is 32.2. The summed E-state index contributed by atoms with van der Waals surface area (Å²) in [6.07, 6.45) is 4.43. The lowest BCUT2D eigenvalue weighted by molar-refractivity contribution is 0.302. The van der Waals surface area contributed by atoms with Gasteiger partial charge in [-0.05, 0) is 19.8 Å². The molecule has 1 fully saturated rings. The molecule has 1 heterocycles. The van der Waals surface area contributed by atoms with Crippen molar-refractivity contribution in [3.05, 3.63) is 5.82 Å². The third-order valence-corrected chi connectivity index (χ3v) is 3.99. The largest absolute Gasteiger partial charge is 0.298 e. The lowest BCUT2D eigenvalue weighted by atomic mass is 9.83. The topological polar surface area (TPSA) is 90.9 Å². The van der Waals surface area contributed by atoms with Crippen LogP contribution in [-0.2, 0) is 16.4 Å². The van der Waals surface area contributed by atoms with Crippen LogP contribution in [0.25, 0.3) is 0 Å². The van der Waals surface area contributed by atoms with Gasteiger partial charge in [-0.15, -0.1) is 10.2 Å². The average molecular weight is 258 g/mol. The average Bonchev–Trinajstić information content (AvgIpc) is 2.53. The van der Waals surface area contributed by atoms with Crippen LogP contribution in [-0.4, -0.2) is 23.2 Å². The van der Waals surface area contributed by atoms with Gasteiger partial charge in [0.2, 0.25) is 0 Å². The van der Waals surface area contributed by atoms with E-state index in [-0.39, 0.29) is 11.2 Å². The summed E-state index contributed by atoms with van der Waals surface area (Å²) in [5, 5.41) is 12.7. The SMILES string of the molecule is CC(C)n1c(CC2CCC2)nnc1S(N)(=O)=O. The zero-order valence-electron chi connectivity index (χ0n) is 10.1. The maximum absolute atomic E-state index is 11.4. The number of aromatic nitrogens is 3. The standard InChI is InChI=1S/C10H18N4O2S/c1-7(2)14-9(6-8-4-3-5-8)12-13-10(14)17(11,15)16/h7-8H,3-6H2,1-2H3,(H2,11,15,16).